The molecule has 110 valence electrons. The number of amides is 1. The Hall–Kier alpha value is -1.36. The van der Waals surface area contributed by atoms with E-state index in [1.807, 2.05) is 20.8 Å². The van der Waals surface area contributed by atoms with Crippen molar-refractivity contribution in [2.24, 2.45) is 5.41 Å². The van der Waals surface area contributed by atoms with Crippen molar-refractivity contribution in [3.8, 4) is 0 Å². The lowest BCUT2D eigenvalue weighted by Crippen LogP contribution is -2.49. The molecule has 1 amide bonds. The van der Waals surface area contributed by atoms with E-state index in [9.17, 15) is 13.2 Å². The molecular weight excluding hydrogens is 274 g/mol. The van der Waals surface area contributed by atoms with E-state index in [2.05, 4.69) is 0 Å². The Morgan fingerprint density at radius 3 is 2.10 bits per heavy atom. The van der Waals surface area contributed by atoms with Gasteiger partial charge in [-0.25, -0.2) is 12.7 Å². The minimum Gasteiger partial charge on any atom is -0.268 e. The summed E-state index contributed by atoms with van der Waals surface area (Å²) in [6.07, 6.45) is 0.596. The molecule has 1 heterocycles. The molecule has 2 rings (SSSR count). The Morgan fingerprint density at radius 2 is 1.60 bits per heavy atom. The number of benzene rings is 1. The number of hydrogen-bond acceptors (Lipinski definition) is 3. The van der Waals surface area contributed by atoms with E-state index >= 15 is 0 Å². The lowest BCUT2D eigenvalue weighted by Gasteiger charge is -2.38. The average molecular weight is 295 g/mol. The van der Waals surface area contributed by atoms with Crippen molar-refractivity contribution in [3.05, 3.63) is 29.8 Å². The van der Waals surface area contributed by atoms with Crippen LogP contribution in [0.25, 0.3) is 0 Å². The van der Waals surface area contributed by atoms with Crippen LogP contribution < -0.4 is 0 Å². The summed E-state index contributed by atoms with van der Waals surface area (Å²) in [6.45, 7) is 9.72. The van der Waals surface area contributed by atoms with Gasteiger partial charge in [-0.1, -0.05) is 32.9 Å². The highest BCUT2D eigenvalue weighted by atomic mass is 32.2. The first-order valence-corrected chi connectivity index (χ1v) is 8.10. The molecule has 0 bridgehead atoms. The Bertz CT molecular complexity index is 654. The second-order valence-corrected chi connectivity index (χ2v) is 8.88. The molecule has 0 radical (unpaired) electrons. The third-order valence-electron chi connectivity index (χ3n) is 3.33. The highest BCUT2D eigenvalue weighted by molar-refractivity contribution is 7.90. The van der Waals surface area contributed by atoms with E-state index < -0.39 is 21.5 Å². The molecule has 0 saturated carbocycles. The van der Waals surface area contributed by atoms with Crippen molar-refractivity contribution < 1.29 is 13.2 Å². The molecule has 0 aromatic heterocycles. The topological polar surface area (TPSA) is 54.5 Å². The summed E-state index contributed by atoms with van der Waals surface area (Å²) in [5.41, 5.74) is -0.559. The van der Waals surface area contributed by atoms with Crippen LogP contribution in [0.3, 0.4) is 0 Å². The number of fused-ring (bicyclic) bond motifs is 1. The molecule has 4 nitrogen and oxygen atoms in total. The van der Waals surface area contributed by atoms with Crippen molar-refractivity contribution in [2.75, 3.05) is 0 Å². The van der Waals surface area contributed by atoms with Crippen molar-refractivity contribution in [2.45, 2.75) is 51.5 Å². The van der Waals surface area contributed by atoms with Gasteiger partial charge in [0.1, 0.15) is 4.90 Å². The molecule has 20 heavy (non-hydrogen) atoms. The number of carbonyl (C=O) groups excluding carboxylic acids is 1. The van der Waals surface area contributed by atoms with E-state index in [1.165, 1.54) is 6.07 Å². The van der Waals surface area contributed by atoms with Gasteiger partial charge in [-0.15, -0.1) is 0 Å². The van der Waals surface area contributed by atoms with E-state index in [-0.39, 0.29) is 15.9 Å². The van der Waals surface area contributed by atoms with Crippen LogP contribution in [0.2, 0.25) is 0 Å². The van der Waals surface area contributed by atoms with Gasteiger partial charge in [0.25, 0.3) is 15.9 Å². The van der Waals surface area contributed by atoms with Crippen LogP contribution in [0.1, 0.15) is 51.4 Å². The molecule has 0 aliphatic carbocycles. The smallest absolute Gasteiger partial charge is 0.268 e. The van der Waals surface area contributed by atoms with Crippen LogP contribution in [0.4, 0.5) is 0 Å². The van der Waals surface area contributed by atoms with Crippen LogP contribution in [0.5, 0.6) is 0 Å². The second-order valence-electron chi connectivity index (χ2n) is 7.12. The molecular formula is C15H21NO3S. The zero-order chi connectivity index (χ0) is 15.3. The summed E-state index contributed by atoms with van der Waals surface area (Å²) in [6, 6.07) is 6.40. The van der Waals surface area contributed by atoms with Gasteiger partial charge >= 0.3 is 0 Å². The predicted molar refractivity (Wildman–Crippen MR) is 77.9 cm³/mol. The molecule has 1 aromatic carbocycles. The van der Waals surface area contributed by atoms with Crippen molar-refractivity contribution >= 4 is 15.9 Å². The van der Waals surface area contributed by atoms with Crippen molar-refractivity contribution in [1.82, 2.24) is 4.31 Å². The average Bonchev–Trinajstić information content (AvgIpc) is 2.44. The van der Waals surface area contributed by atoms with Gasteiger partial charge < -0.3 is 0 Å². The summed E-state index contributed by atoms with van der Waals surface area (Å²) < 4.78 is 26.3. The fraction of sp³-hybridized carbons (Fsp3) is 0.533. The highest BCUT2D eigenvalue weighted by Gasteiger charge is 2.49. The molecule has 1 aromatic rings. The number of hydrogen-bond donors (Lipinski definition) is 0. The molecule has 0 N–H and O–H groups in total. The minimum absolute atomic E-state index is 0.0753. The maximum atomic E-state index is 12.6. The van der Waals surface area contributed by atoms with Crippen molar-refractivity contribution in [3.63, 3.8) is 0 Å². The maximum Gasteiger partial charge on any atom is 0.269 e. The molecule has 0 saturated heterocycles. The monoisotopic (exact) mass is 295 g/mol. The largest absolute Gasteiger partial charge is 0.269 e. The molecule has 0 spiro atoms. The Balaban J connectivity index is 2.53. The number of nitrogens with zero attached hydrogens (tertiary/aromatic N) is 1. The molecule has 1 aliphatic heterocycles. The quantitative estimate of drug-likeness (QED) is 0.842. The number of sulfonamides is 1. The number of rotatable bonds is 2. The lowest BCUT2D eigenvalue weighted by molar-refractivity contribution is 0.0715. The standard InChI is InChI=1S/C15H21NO3S/c1-14(2,3)10-15(4,5)16-13(17)11-8-6-7-9-12(11)20(16,18)19/h6-9H,10H2,1-5H3. The van der Waals surface area contributed by atoms with E-state index in [0.717, 1.165) is 4.31 Å². The third kappa shape index (κ3) is 2.35. The Morgan fingerprint density at radius 1 is 1.05 bits per heavy atom. The summed E-state index contributed by atoms with van der Waals surface area (Å²) in [5.74, 6) is -0.421. The second kappa shape index (κ2) is 4.32. The summed E-state index contributed by atoms with van der Waals surface area (Å²) in [5, 5.41) is 0. The third-order valence-corrected chi connectivity index (χ3v) is 5.39. The Kier molecular flexibility index (Phi) is 3.25. The van der Waals surface area contributed by atoms with Gasteiger partial charge in [0.15, 0.2) is 0 Å². The minimum atomic E-state index is -3.74. The number of carbonyl (C=O) groups is 1. The van der Waals surface area contributed by atoms with Crippen LogP contribution in [0, 0.1) is 5.41 Å². The first kappa shape index (κ1) is 15.0. The van der Waals surface area contributed by atoms with Crippen LogP contribution in [0.15, 0.2) is 29.2 Å². The van der Waals surface area contributed by atoms with E-state index in [4.69, 9.17) is 0 Å². The first-order chi connectivity index (χ1) is 8.97. The lowest BCUT2D eigenvalue weighted by atomic mass is 9.81. The van der Waals surface area contributed by atoms with Crippen LogP contribution in [-0.2, 0) is 10.0 Å². The van der Waals surface area contributed by atoms with E-state index in [0.29, 0.717) is 6.42 Å². The SMILES string of the molecule is CC(C)(C)CC(C)(C)N1C(=O)c2ccccc2S1(=O)=O. The molecule has 5 heteroatoms. The van der Waals surface area contributed by atoms with Gasteiger partial charge in [0, 0.05) is 0 Å². The van der Waals surface area contributed by atoms with E-state index in [1.54, 1.807) is 32.0 Å². The summed E-state index contributed by atoms with van der Waals surface area (Å²) in [7, 11) is -3.74. The highest BCUT2D eigenvalue weighted by Crippen LogP contribution is 2.40. The fourth-order valence-corrected chi connectivity index (χ4v) is 5.07. The fourth-order valence-electron chi connectivity index (χ4n) is 3.16. The zero-order valence-corrected chi connectivity index (χ0v) is 13.4. The predicted octanol–water partition coefficient (Wildman–Crippen LogP) is 3.05. The summed E-state index contributed by atoms with van der Waals surface area (Å²) >= 11 is 0. The van der Waals surface area contributed by atoms with Gasteiger partial charge in [-0.2, -0.15) is 0 Å². The first-order valence-electron chi connectivity index (χ1n) is 6.66. The van der Waals surface area contributed by atoms with Crippen LogP contribution in [-0.4, -0.2) is 24.2 Å². The zero-order valence-electron chi connectivity index (χ0n) is 12.6. The summed E-state index contributed by atoms with van der Waals surface area (Å²) in [4.78, 5) is 12.6. The van der Waals surface area contributed by atoms with Gasteiger partial charge in [0.05, 0.1) is 11.1 Å². The molecule has 1 aliphatic rings. The normalized spacial score (nSPS) is 18.2. The van der Waals surface area contributed by atoms with Gasteiger partial charge in [-0.05, 0) is 37.8 Å². The Labute approximate surface area is 120 Å². The molecule has 0 unspecified atom stereocenters. The van der Waals surface area contributed by atoms with Crippen LogP contribution >= 0.6 is 0 Å². The van der Waals surface area contributed by atoms with Gasteiger partial charge in [0.2, 0.25) is 0 Å². The molecule has 0 atom stereocenters. The molecule has 0 fully saturated rings. The van der Waals surface area contributed by atoms with Crippen molar-refractivity contribution in [1.29, 1.82) is 0 Å². The van der Waals surface area contributed by atoms with Gasteiger partial charge in [-0.3, -0.25) is 4.79 Å². The maximum absolute atomic E-state index is 12.6.